The van der Waals surface area contributed by atoms with Crippen LogP contribution >= 0.6 is 0 Å². The minimum atomic E-state index is -1.05. The molecule has 0 aromatic heterocycles. The zero-order valence-electron chi connectivity index (χ0n) is 8.88. The minimum absolute atomic E-state index is 0.316. The molecule has 0 radical (unpaired) electrons. The molecule has 1 rings (SSSR count). The topological polar surface area (TPSA) is 78.6 Å². The zero-order valence-corrected chi connectivity index (χ0v) is 8.88. The highest BCUT2D eigenvalue weighted by Crippen LogP contribution is 2.03. The summed E-state index contributed by atoms with van der Waals surface area (Å²) >= 11 is 0. The predicted molar refractivity (Wildman–Crippen MR) is 56.6 cm³/mol. The Morgan fingerprint density at radius 2 is 1.94 bits per heavy atom. The van der Waals surface area contributed by atoms with Gasteiger partial charge in [0, 0.05) is 0 Å². The number of nitrogens with two attached hydrogens (primary N) is 1. The van der Waals surface area contributed by atoms with Gasteiger partial charge in [-0.05, 0) is 12.0 Å². The van der Waals surface area contributed by atoms with E-state index in [2.05, 4.69) is 9.47 Å². The Labute approximate surface area is 93.1 Å². The first kappa shape index (κ1) is 12.2. The largest absolute Gasteiger partial charge is 0.515 e. The summed E-state index contributed by atoms with van der Waals surface area (Å²) in [6, 6.07) is 8.35. The van der Waals surface area contributed by atoms with E-state index in [4.69, 9.17) is 5.73 Å². The number of hydrogen-bond donors (Lipinski definition) is 1. The lowest BCUT2D eigenvalue weighted by molar-refractivity contribution is -0.140. The van der Waals surface area contributed by atoms with E-state index < -0.39 is 18.2 Å². The smallest absolute Gasteiger partial charge is 0.437 e. The molecule has 0 bridgehead atoms. The number of carbonyl (C=O) groups excluding carboxylic acids is 2. The Balaban J connectivity index is 2.49. The van der Waals surface area contributed by atoms with Gasteiger partial charge in [0.15, 0.2) is 0 Å². The van der Waals surface area contributed by atoms with E-state index in [9.17, 15) is 9.59 Å². The summed E-state index contributed by atoms with van der Waals surface area (Å²) in [5, 5.41) is 0. The summed E-state index contributed by atoms with van der Waals surface area (Å²) in [7, 11) is 1.12. The fourth-order valence-corrected chi connectivity index (χ4v) is 1.15. The predicted octanol–water partition coefficient (Wildman–Crippen LogP) is 0.866. The summed E-state index contributed by atoms with van der Waals surface area (Å²) in [5.74, 6) is -0.796. The fourth-order valence-electron chi connectivity index (χ4n) is 1.15. The van der Waals surface area contributed by atoms with Crippen LogP contribution in [0.25, 0.3) is 0 Å². The highest BCUT2D eigenvalue weighted by atomic mass is 16.7. The van der Waals surface area contributed by atoms with Crippen molar-refractivity contribution >= 4 is 12.1 Å². The normalized spacial score (nSPS) is 11.6. The van der Waals surface area contributed by atoms with Crippen molar-refractivity contribution in [3.05, 3.63) is 35.9 Å². The molecule has 0 aliphatic rings. The number of hydrogen-bond acceptors (Lipinski definition) is 5. The standard InChI is InChI=1S/C11H13NO4/c1-15-11(14)16-10(13)9(12)7-8-5-3-2-4-6-8/h2-6,9H,7,12H2,1H3/t9-/m1/s1. The molecule has 0 saturated heterocycles. The molecule has 0 fully saturated rings. The fraction of sp³-hybridized carbons (Fsp3) is 0.273. The molecule has 1 aromatic carbocycles. The van der Waals surface area contributed by atoms with Crippen LogP contribution in [0, 0.1) is 0 Å². The molecule has 0 spiro atoms. The van der Waals surface area contributed by atoms with Crippen LogP contribution in [-0.4, -0.2) is 25.3 Å². The first-order chi connectivity index (χ1) is 7.63. The average molecular weight is 223 g/mol. The second kappa shape index (κ2) is 5.87. The van der Waals surface area contributed by atoms with Crippen LogP contribution in [0.15, 0.2) is 30.3 Å². The lowest BCUT2D eigenvalue weighted by atomic mass is 10.1. The van der Waals surface area contributed by atoms with Gasteiger partial charge in [-0.2, -0.15) is 0 Å². The molecule has 0 amide bonds. The summed E-state index contributed by atoms with van der Waals surface area (Å²) in [5.41, 5.74) is 6.47. The zero-order chi connectivity index (χ0) is 12.0. The van der Waals surface area contributed by atoms with Crippen LogP contribution in [0.3, 0.4) is 0 Å². The quantitative estimate of drug-likeness (QED) is 0.607. The van der Waals surface area contributed by atoms with Crippen LogP contribution in [0.5, 0.6) is 0 Å². The monoisotopic (exact) mass is 223 g/mol. The highest BCUT2D eigenvalue weighted by Gasteiger charge is 2.19. The molecule has 2 N–H and O–H groups in total. The number of esters is 1. The number of rotatable bonds is 3. The van der Waals surface area contributed by atoms with Gasteiger partial charge in [-0.3, -0.25) is 0 Å². The molecular formula is C11H13NO4. The van der Waals surface area contributed by atoms with Crippen LogP contribution in [0.2, 0.25) is 0 Å². The van der Waals surface area contributed by atoms with Gasteiger partial charge in [0.25, 0.3) is 0 Å². The Kier molecular flexibility index (Phi) is 4.47. The molecule has 16 heavy (non-hydrogen) atoms. The van der Waals surface area contributed by atoms with Gasteiger partial charge in [0.2, 0.25) is 0 Å². The Morgan fingerprint density at radius 1 is 1.31 bits per heavy atom. The SMILES string of the molecule is COC(=O)OC(=O)[C@H](N)Cc1ccccc1. The van der Waals surface area contributed by atoms with E-state index in [0.717, 1.165) is 12.7 Å². The van der Waals surface area contributed by atoms with Gasteiger partial charge in [-0.1, -0.05) is 30.3 Å². The van der Waals surface area contributed by atoms with Gasteiger partial charge in [-0.15, -0.1) is 0 Å². The van der Waals surface area contributed by atoms with Crippen LogP contribution in [-0.2, 0) is 20.7 Å². The summed E-state index contributed by atoms with van der Waals surface area (Å²) < 4.78 is 8.49. The molecule has 0 aliphatic carbocycles. The molecule has 1 aromatic rings. The number of carbonyl (C=O) groups is 2. The van der Waals surface area contributed by atoms with E-state index in [0.29, 0.717) is 6.42 Å². The molecule has 0 unspecified atom stereocenters. The Bertz CT molecular complexity index is 364. The van der Waals surface area contributed by atoms with E-state index in [1.54, 1.807) is 0 Å². The lowest BCUT2D eigenvalue weighted by Crippen LogP contribution is -2.35. The molecule has 5 nitrogen and oxygen atoms in total. The number of ether oxygens (including phenoxy) is 2. The first-order valence-corrected chi connectivity index (χ1v) is 4.72. The summed E-state index contributed by atoms with van der Waals surface area (Å²) in [6.45, 7) is 0. The Hall–Kier alpha value is -1.88. The van der Waals surface area contributed by atoms with E-state index in [1.807, 2.05) is 30.3 Å². The molecular weight excluding hydrogens is 210 g/mol. The number of methoxy groups -OCH3 is 1. The molecule has 5 heteroatoms. The van der Waals surface area contributed by atoms with Gasteiger partial charge in [0.1, 0.15) is 6.04 Å². The molecule has 0 aliphatic heterocycles. The van der Waals surface area contributed by atoms with Crippen molar-refractivity contribution in [3.8, 4) is 0 Å². The Morgan fingerprint density at radius 3 is 2.50 bits per heavy atom. The van der Waals surface area contributed by atoms with Crippen LogP contribution < -0.4 is 5.73 Å². The van der Waals surface area contributed by atoms with Crippen molar-refractivity contribution < 1.29 is 19.1 Å². The third kappa shape index (κ3) is 3.70. The van der Waals surface area contributed by atoms with E-state index in [-0.39, 0.29) is 0 Å². The lowest BCUT2D eigenvalue weighted by Gasteiger charge is -2.09. The summed E-state index contributed by atoms with van der Waals surface area (Å²) in [6.07, 6.45) is -0.732. The highest BCUT2D eigenvalue weighted by molar-refractivity contribution is 5.85. The number of benzene rings is 1. The van der Waals surface area contributed by atoms with Gasteiger partial charge in [-0.25, -0.2) is 9.59 Å². The van der Waals surface area contributed by atoms with Gasteiger partial charge in [0.05, 0.1) is 7.11 Å². The van der Waals surface area contributed by atoms with Crippen molar-refractivity contribution in [1.29, 1.82) is 0 Å². The van der Waals surface area contributed by atoms with Crippen molar-refractivity contribution in [1.82, 2.24) is 0 Å². The second-order valence-corrected chi connectivity index (χ2v) is 3.17. The third-order valence-electron chi connectivity index (χ3n) is 1.95. The van der Waals surface area contributed by atoms with E-state index >= 15 is 0 Å². The molecule has 0 saturated carbocycles. The maximum absolute atomic E-state index is 11.3. The van der Waals surface area contributed by atoms with Gasteiger partial charge < -0.3 is 15.2 Å². The van der Waals surface area contributed by atoms with Gasteiger partial charge >= 0.3 is 12.1 Å². The van der Waals surface area contributed by atoms with Crippen molar-refractivity contribution in [3.63, 3.8) is 0 Å². The van der Waals surface area contributed by atoms with Crippen molar-refractivity contribution in [2.24, 2.45) is 5.73 Å². The maximum Gasteiger partial charge on any atom is 0.515 e. The third-order valence-corrected chi connectivity index (χ3v) is 1.95. The minimum Gasteiger partial charge on any atom is -0.437 e. The average Bonchev–Trinajstić information content (AvgIpc) is 2.30. The van der Waals surface area contributed by atoms with Crippen molar-refractivity contribution in [2.45, 2.75) is 12.5 Å². The molecule has 0 heterocycles. The van der Waals surface area contributed by atoms with Crippen LogP contribution in [0.1, 0.15) is 5.56 Å². The summed E-state index contributed by atoms with van der Waals surface area (Å²) in [4.78, 5) is 21.9. The molecule has 86 valence electrons. The first-order valence-electron chi connectivity index (χ1n) is 4.72. The van der Waals surface area contributed by atoms with E-state index in [1.165, 1.54) is 0 Å². The van der Waals surface area contributed by atoms with Crippen molar-refractivity contribution in [2.75, 3.05) is 7.11 Å². The van der Waals surface area contributed by atoms with Crippen LogP contribution in [0.4, 0.5) is 4.79 Å². The maximum atomic E-state index is 11.3. The second-order valence-electron chi connectivity index (χ2n) is 3.17. The molecule has 1 atom stereocenters.